The van der Waals surface area contributed by atoms with E-state index in [2.05, 4.69) is 0 Å². The van der Waals surface area contributed by atoms with Gasteiger partial charge in [-0.25, -0.2) is 0 Å². The lowest BCUT2D eigenvalue weighted by atomic mass is 9.80. The summed E-state index contributed by atoms with van der Waals surface area (Å²) in [5.74, 6) is -2.88. The van der Waals surface area contributed by atoms with Crippen molar-refractivity contribution in [1.82, 2.24) is 0 Å². The van der Waals surface area contributed by atoms with Crippen LogP contribution in [0.5, 0.6) is 0 Å². The van der Waals surface area contributed by atoms with E-state index in [0.717, 1.165) is 5.56 Å². The highest BCUT2D eigenvalue weighted by Crippen LogP contribution is 2.38. The zero-order valence-electron chi connectivity index (χ0n) is 12.7. The van der Waals surface area contributed by atoms with Crippen LogP contribution in [0.2, 0.25) is 0 Å². The van der Waals surface area contributed by atoms with Crippen molar-refractivity contribution < 1.29 is 24.5 Å². The zero-order valence-corrected chi connectivity index (χ0v) is 12.7. The summed E-state index contributed by atoms with van der Waals surface area (Å²) in [4.78, 5) is 23.3. The molecule has 23 heavy (non-hydrogen) atoms. The molecule has 0 bridgehead atoms. The van der Waals surface area contributed by atoms with Gasteiger partial charge in [0.05, 0.1) is 6.61 Å². The maximum absolute atomic E-state index is 11.6. The molecule has 0 saturated heterocycles. The Morgan fingerprint density at radius 2 is 1.43 bits per heavy atom. The summed E-state index contributed by atoms with van der Waals surface area (Å²) in [5.41, 5.74) is -0.738. The minimum atomic E-state index is -2.09. The van der Waals surface area contributed by atoms with Crippen LogP contribution in [0, 0.1) is 5.41 Å². The van der Waals surface area contributed by atoms with E-state index >= 15 is 0 Å². The molecule has 5 nitrogen and oxygen atoms in total. The molecule has 0 fully saturated rings. The van der Waals surface area contributed by atoms with Crippen molar-refractivity contribution in [2.75, 3.05) is 0 Å². The van der Waals surface area contributed by atoms with Gasteiger partial charge in [0.15, 0.2) is 5.41 Å². The molecular formula is C18H18O5. The highest BCUT2D eigenvalue weighted by molar-refractivity contribution is 5.98. The lowest BCUT2D eigenvalue weighted by Crippen LogP contribution is -2.43. The molecule has 0 radical (unpaired) electrons. The summed E-state index contributed by atoms with van der Waals surface area (Å²) in [5, 5.41) is 18.9. The fraction of sp³-hybridized carbons (Fsp3) is 0.222. The monoisotopic (exact) mass is 314 g/mol. The van der Waals surface area contributed by atoms with Crippen molar-refractivity contribution in [3.8, 4) is 0 Å². The normalized spacial score (nSPS) is 12.6. The van der Waals surface area contributed by atoms with Crippen LogP contribution in [0.1, 0.15) is 24.2 Å². The molecule has 0 aliphatic rings. The van der Waals surface area contributed by atoms with E-state index in [1.54, 1.807) is 30.3 Å². The van der Waals surface area contributed by atoms with Gasteiger partial charge < -0.3 is 14.9 Å². The second-order valence-electron chi connectivity index (χ2n) is 5.40. The first-order chi connectivity index (χ1) is 11.0. The van der Waals surface area contributed by atoms with Gasteiger partial charge in [0.2, 0.25) is 0 Å². The van der Waals surface area contributed by atoms with E-state index in [9.17, 15) is 19.8 Å². The zero-order chi connectivity index (χ0) is 16.9. The molecule has 0 aliphatic carbocycles. The Hall–Kier alpha value is -2.66. The molecule has 1 unspecified atom stereocenters. The summed E-state index contributed by atoms with van der Waals surface area (Å²) < 4.78 is 5.74. The van der Waals surface area contributed by atoms with Gasteiger partial charge in [-0.15, -0.1) is 0 Å². The lowest BCUT2D eigenvalue weighted by Gasteiger charge is -2.30. The maximum atomic E-state index is 11.6. The summed E-state index contributed by atoms with van der Waals surface area (Å²) in [6.45, 7) is 1.29. The number of carboxylic acids is 2. The van der Waals surface area contributed by atoms with Crippen LogP contribution in [0.3, 0.4) is 0 Å². The van der Waals surface area contributed by atoms with Crippen LogP contribution in [-0.2, 0) is 20.9 Å². The third-order valence-corrected chi connectivity index (χ3v) is 3.77. The van der Waals surface area contributed by atoms with E-state index < -0.39 is 23.5 Å². The smallest absolute Gasteiger partial charge is 0.323 e. The van der Waals surface area contributed by atoms with Gasteiger partial charge in [0.1, 0.15) is 6.10 Å². The molecule has 2 aromatic carbocycles. The molecule has 0 aliphatic heterocycles. The number of carbonyl (C=O) groups is 2. The molecule has 2 rings (SSSR count). The van der Waals surface area contributed by atoms with E-state index in [-0.39, 0.29) is 6.61 Å². The molecule has 0 spiro atoms. The number of hydrogen-bond donors (Lipinski definition) is 2. The van der Waals surface area contributed by atoms with Crippen molar-refractivity contribution in [3.05, 3.63) is 71.8 Å². The quantitative estimate of drug-likeness (QED) is 0.767. The van der Waals surface area contributed by atoms with Crippen molar-refractivity contribution in [2.45, 2.75) is 19.6 Å². The first-order valence-corrected chi connectivity index (χ1v) is 7.13. The predicted molar refractivity (Wildman–Crippen MR) is 83.8 cm³/mol. The number of ether oxygens (including phenoxy) is 1. The van der Waals surface area contributed by atoms with Crippen LogP contribution in [0.15, 0.2) is 60.7 Å². The van der Waals surface area contributed by atoms with Gasteiger partial charge in [-0.2, -0.15) is 0 Å². The fourth-order valence-electron chi connectivity index (χ4n) is 2.29. The van der Waals surface area contributed by atoms with Crippen LogP contribution in [0.4, 0.5) is 0 Å². The van der Waals surface area contributed by atoms with Crippen molar-refractivity contribution in [1.29, 1.82) is 0 Å². The number of hydrogen-bond acceptors (Lipinski definition) is 3. The average molecular weight is 314 g/mol. The Bertz CT molecular complexity index is 652. The summed E-state index contributed by atoms with van der Waals surface area (Å²) in [6.07, 6.45) is -1.11. The lowest BCUT2D eigenvalue weighted by molar-refractivity contribution is -0.176. The molecule has 0 aromatic heterocycles. The number of benzene rings is 2. The summed E-state index contributed by atoms with van der Waals surface area (Å²) in [7, 11) is 0. The topological polar surface area (TPSA) is 83.8 Å². The molecule has 0 saturated carbocycles. The molecule has 5 heteroatoms. The number of rotatable bonds is 7. The predicted octanol–water partition coefficient (Wildman–Crippen LogP) is 3.12. The first-order valence-electron chi connectivity index (χ1n) is 7.13. The average Bonchev–Trinajstić information content (AvgIpc) is 2.56. The minimum absolute atomic E-state index is 0.122. The molecule has 2 N–H and O–H groups in total. The van der Waals surface area contributed by atoms with Gasteiger partial charge in [0, 0.05) is 0 Å². The molecule has 1 atom stereocenters. The second kappa shape index (κ2) is 7.07. The standard InChI is InChI=1S/C18H18O5/c1-18(16(19)20,17(21)22)15(14-10-6-3-7-11-14)23-12-13-8-4-2-5-9-13/h2-11,15H,12H2,1H3,(H,19,20)(H,21,22). The Morgan fingerprint density at radius 1 is 0.957 bits per heavy atom. The molecule has 2 aromatic rings. The Kier molecular flexibility index (Phi) is 5.13. The van der Waals surface area contributed by atoms with Gasteiger partial charge in [0.25, 0.3) is 0 Å². The van der Waals surface area contributed by atoms with Gasteiger partial charge in [-0.3, -0.25) is 9.59 Å². The summed E-state index contributed by atoms with van der Waals surface area (Å²) >= 11 is 0. The van der Waals surface area contributed by atoms with Gasteiger partial charge >= 0.3 is 11.9 Å². The first kappa shape index (κ1) is 16.7. The van der Waals surface area contributed by atoms with Crippen molar-refractivity contribution in [3.63, 3.8) is 0 Å². The Morgan fingerprint density at radius 3 is 1.91 bits per heavy atom. The number of aliphatic carboxylic acids is 2. The Balaban J connectivity index is 2.36. The van der Waals surface area contributed by atoms with Gasteiger partial charge in [-0.1, -0.05) is 60.7 Å². The molecule has 0 amide bonds. The van der Waals surface area contributed by atoms with E-state index in [1.165, 1.54) is 6.92 Å². The van der Waals surface area contributed by atoms with E-state index in [4.69, 9.17) is 4.74 Å². The number of carboxylic acid groups (broad SMARTS) is 2. The maximum Gasteiger partial charge on any atom is 0.323 e. The van der Waals surface area contributed by atoms with Crippen molar-refractivity contribution in [2.24, 2.45) is 5.41 Å². The van der Waals surface area contributed by atoms with Crippen LogP contribution in [0.25, 0.3) is 0 Å². The highest BCUT2D eigenvalue weighted by atomic mass is 16.5. The van der Waals surface area contributed by atoms with Crippen LogP contribution in [-0.4, -0.2) is 22.2 Å². The largest absolute Gasteiger partial charge is 0.480 e. The van der Waals surface area contributed by atoms with Crippen LogP contribution >= 0.6 is 0 Å². The fourth-order valence-corrected chi connectivity index (χ4v) is 2.29. The highest BCUT2D eigenvalue weighted by Gasteiger charge is 2.50. The third-order valence-electron chi connectivity index (χ3n) is 3.77. The van der Waals surface area contributed by atoms with Crippen LogP contribution < -0.4 is 0 Å². The van der Waals surface area contributed by atoms with Crippen molar-refractivity contribution >= 4 is 11.9 Å². The Labute approximate surface area is 134 Å². The third kappa shape index (κ3) is 3.57. The second-order valence-corrected chi connectivity index (χ2v) is 5.40. The molecule has 120 valence electrons. The van der Waals surface area contributed by atoms with E-state index in [1.807, 2.05) is 30.3 Å². The molecule has 0 heterocycles. The summed E-state index contributed by atoms with van der Waals surface area (Å²) in [6, 6.07) is 17.7. The van der Waals surface area contributed by atoms with E-state index in [0.29, 0.717) is 5.56 Å². The molecular weight excluding hydrogens is 296 g/mol. The van der Waals surface area contributed by atoms with Gasteiger partial charge in [-0.05, 0) is 18.1 Å². The minimum Gasteiger partial charge on any atom is -0.480 e. The SMILES string of the molecule is CC(C(=O)O)(C(=O)O)C(OCc1ccccc1)c1ccccc1.